The lowest BCUT2D eigenvalue weighted by Gasteiger charge is -2.24. The van der Waals surface area contributed by atoms with Gasteiger partial charge in [0.15, 0.2) is 0 Å². The van der Waals surface area contributed by atoms with Crippen molar-refractivity contribution in [2.24, 2.45) is 0 Å². The molecular formula is C8H10F3N3O2S. The molecule has 0 bridgehead atoms. The number of hydrogen-bond donors (Lipinski definition) is 0. The molecule has 5 nitrogen and oxygen atoms in total. The molecule has 1 saturated carbocycles. The third-order valence-corrected chi connectivity index (χ3v) is 3.49. The summed E-state index contributed by atoms with van der Waals surface area (Å²) >= 11 is 0. The van der Waals surface area contributed by atoms with Gasteiger partial charge in [0.1, 0.15) is 5.82 Å². The van der Waals surface area contributed by atoms with Crippen LogP contribution in [0, 0.1) is 0 Å². The molecule has 1 aliphatic rings. The molecule has 17 heavy (non-hydrogen) atoms. The number of hydrogen-bond acceptors (Lipinski definition) is 4. The van der Waals surface area contributed by atoms with Crippen molar-refractivity contribution >= 4 is 10.2 Å². The van der Waals surface area contributed by atoms with Crippen LogP contribution in [0.5, 0.6) is 0 Å². The first-order valence-corrected chi connectivity index (χ1v) is 6.44. The summed E-state index contributed by atoms with van der Waals surface area (Å²) in [6, 6.07) is 0. The quantitative estimate of drug-likeness (QED) is 0.776. The van der Waals surface area contributed by atoms with Gasteiger partial charge in [-0.05, 0) is 12.8 Å². The first kappa shape index (κ1) is 12.3. The third-order valence-electron chi connectivity index (χ3n) is 2.75. The fourth-order valence-electron chi connectivity index (χ4n) is 1.76. The van der Waals surface area contributed by atoms with Crippen molar-refractivity contribution in [1.29, 1.82) is 0 Å². The van der Waals surface area contributed by atoms with Gasteiger partial charge < -0.3 is 0 Å². The van der Waals surface area contributed by atoms with Crippen LogP contribution in [0.4, 0.5) is 12.7 Å². The smallest absolute Gasteiger partial charge is 0.294 e. The van der Waals surface area contributed by atoms with Gasteiger partial charge in [-0.1, -0.05) is 10.3 Å². The number of aromatic nitrogens is 3. The van der Waals surface area contributed by atoms with Gasteiger partial charge in [-0.3, -0.25) is 4.57 Å². The van der Waals surface area contributed by atoms with Gasteiger partial charge in [0.05, 0.1) is 6.54 Å². The van der Waals surface area contributed by atoms with Gasteiger partial charge in [-0.2, -0.15) is 8.42 Å². The Hall–Kier alpha value is -1.12. The Morgan fingerprint density at radius 1 is 1.35 bits per heavy atom. The molecule has 1 aliphatic carbocycles. The fraction of sp³-hybridized carbons (Fsp3) is 0.750. The van der Waals surface area contributed by atoms with Gasteiger partial charge in [0, 0.05) is 5.92 Å². The van der Waals surface area contributed by atoms with Crippen molar-refractivity contribution in [3.05, 3.63) is 5.82 Å². The lowest BCUT2D eigenvalue weighted by atomic mass is 9.85. The molecule has 0 saturated heterocycles. The van der Waals surface area contributed by atoms with E-state index in [1.54, 1.807) is 0 Å². The SMILES string of the molecule is O=S(=O)(F)c1nnc(C2CCC2)n1CC(F)F. The number of halogens is 3. The summed E-state index contributed by atoms with van der Waals surface area (Å²) in [5.74, 6) is 0.0320. The average molecular weight is 269 g/mol. The minimum Gasteiger partial charge on any atom is -0.294 e. The standard InChI is InChI=1S/C8H10F3N3O2S/c9-6(10)4-14-7(5-2-1-3-5)12-13-8(14)17(11,15)16/h5-6H,1-4H2. The molecule has 1 fully saturated rings. The van der Waals surface area contributed by atoms with Crippen LogP contribution in [0.1, 0.15) is 31.0 Å². The lowest BCUT2D eigenvalue weighted by molar-refractivity contribution is 0.120. The molecule has 1 aromatic rings. The van der Waals surface area contributed by atoms with Crippen molar-refractivity contribution in [3.63, 3.8) is 0 Å². The van der Waals surface area contributed by atoms with Crippen LogP contribution in [0.15, 0.2) is 5.16 Å². The minimum atomic E-state index is -5.12. The lowest BCUT2D eigenvalue weighted by Crippen LogP contribution is -2.20. The fourth-order valence-corrected chi connectivity index (χ4v) is 2.33. The zero-order chi connectivity index (χ0) is 12.6. The van der Waals surface area contributed by atoms with E-state index in [1.807, 2.05) is 0 Å². The molecule has 0 atom stereocenters. The Labute approximate surface area is 95.9 Å². The first-order valence-electron chi connectivity index (χ1n) is 5.05. The maximum Gasteiger partial charge on any atom is 0.368 e. The van der Waals surface area contributed by atoms with Crippen LogP contribution in [0.3, 0.4) is 0 Å². The molecular weight excluding hydrogens is 259 g/mol. The Morgan fingerprint density at radius 3 is 2.41 bits per heavy atom. The Bertz CT molecular complexity index is 510. The summed E-state index contributed by atoms with van der Waals surface area (Å²) in [7, 11) is -5.12. The predicted molar refractivity (Wildman–Crippen MR) is 50.9 cm³/mol. The molecule has 0 N–H and O–H groups in total. The van der Waals surface area contributed by atoms with E-state index in [2.05, 4.69) is 10.2 Å². The summed E-state index contributed by atoms with van der Waals surface area (Å²) in [4.78, 5) is 0. The van der Waals surface area contributed by atoms with Gasteiger partial charge in [-0.25, -0.2) is 8.78 Å². The van der Waals surface area contributed by atoms with Crippen molar-refractivity contribution in [2.45, 2.75) is 43.3 Å². The molecule has 9 heteroatoms. The second-order valence-electron chi connectivity index (χ2n) is 3.91. The van der Waals surface area contributed by atoms with E-state index in [4.69, 9.17) is 0 Å². The molecule has 0 aromatic carbocycles. The highest BCUT2D eigenvalue weighted by atomic mass is 32.3. The van der Waals surface area contributed by atoms with Crippen molar-refractivity contribution in [1.82, 2.24) is 14.8 Å². The Kier molecular flexibility index (Phi) is 3.11. The van der Waals surface area contributed by atoms with E-state index in [9.17, 15) is 21.1 Å². The normalized spacial score (nSPS) is 17.4. The van der Waals surface area contributed by atoms with Crippen molar-refractivity contribution in [3.8, 4) is 0 Å². The first-order chi connectivity index (χ1) is 7.89. The summed E-state index contributed by atoms with van der Waals surface area (Å²) < 4.78 is 59.7. The zero-order valence-electron chi connectivity index (χ0n) is 8.68. The Morgan fingerprint density at radius 2 is 2.00 bits per heavy atom. The van der Waals surface area contributed by atoms with Gasteiger partial charge in [0.2, 0.25) is 0 Å². The maximum absolute atomic E-state index is 12.8. The van der Waals surface area contributed by atoms with Gasteiger partial charge in [0.25, 0.3) is 11.6 Å². The predicted octanol–water partition coefficient (Wildman–Crippen LogP) is 1.47. The third kappa shape index (κ3) is 2.43. The molecule has 1 heterocycles. The van der Waals surface area contributed by atoms with Crippen molar-refractivity contribution < 1.29 is 21.1 Å². The topological polar surface area (TPSA) is 64.8 Å². The van der Waals surface area contributed by atoms with E-state index in [1.165, 1.54) is 0 Å². The highest BCUT2D eigenvalue weighted by Gasteiger charge is 2.31. The molecule has 0 spiro atoms. The molecule has 96 valence electrons. The minimum absolute atomic E-state index is 0.100. The molecule has 0 amide bonds. The second-order valence-corrected chi connectivity index (χ2v) is 5.15. The molecule has 0 radical (unpaired) electrons. The number of alkyl halides is 2. The average Bonchev–Trinajstić information content (AvgIpc) is 2.44. The zero-order valence-corrected chi connectivity index (χ0v) is 9.50. The van der Waals surface area contributed by atoms with E-state index in [0.29, 0.717) is 4.57 Å². The molecule has 0 aliphatic heterocycles. The monoisotopic (exact) mass is 269 g/mol. The maximum atomic E-state index is 12.8. The van der Waals surface area contributed by atoms with E-state index >= 15 is 0 Å². The highest BCUT2D eigenvalue weighted by molar-refractivity contribution is 7.86. The summed E-state index contributed by atoms with van der Waals surface area (Å²) in [6.45, 7) is -0.905. The number of rotatable bonds is 4. The van der Waals surface area contributed by atoms with Crippen LogP contribution < -0.4 is 0 Å². The van der Waals surface area contributed by atoms with Crippen molar-refractivity contribution in [2.75, 3.05) is 0 Å². The van der Waals surface area contributed by atoms with E-state index in [0.717, 1.165) is 19.3 Å². The highest BCUT2D eigenvalue weighted by Crippen LogP contribution is 2.36. The largest absolute Gasteiger partial charge is 0.368 e. The summed E-state index contributed by atoms with van der Waals surface area (Å²) in [5.41, 5.74) is 0. The van der Waals surface area contributed by atoms with Crippen LogP contribution in [0.2, 0.25) is 0 Å². The van der Waals surface area contributed by atoms with Gasteiger partial charge >= 0.3 is 10.2 Å². The van der Waals surface area contributed by atoms with Crippen LogP contribution >= 0.6 is 0 Å². The Balaban J connectivity index is 2.43. The molecule has 1 aromatic heterocycles. The molecule has 2 rings (SSSR count). The van der Waals surface area contributed by atoms with Gasteiger partial charge in [-0.15, -0.1) is 10.2 Å². The number of nitrogens with zero attached hydrogens (tertiary/aromatic N) is 3. The summed E-state index contributed by atoms with van der Waals surface area (Å²) in [5, 5.41) is 5.65. The molecule has 0 unspecified atom stereocenters. The second kappa shape index (κ2) is 4.28. The van der Waals surface area contributed by atoms with Crippen LogP contribution in [-0.4, -0.2) is 29.6 Å². The van der Waals surface area contributed by atoms with E-state index in [-0.39, 0.29) is 11.7 Å². The van der Waals surface area contributed by atoms with E-state index < -0.39 is 28.3 Å². The van der Waals surface area contributed by atoms with Crippen LogP contribution in [0.25, 0.3) is 0 Å². The summed E-state index contributed by atoms with van der Waals surface area (Å²) in [6.07, 6.45) is -0.406. The van der Waals surface area contributed by atoms with Crippen LogP contribution in [-0.2, 0) is 16.8 Å².